The van der Waals surface area contributed by atoms with E-state index >= 15 is 0 Å². The van der Waals surface area contributed by atoms with E-state index in [1.807, 2.05) is 13.1 Å². The number of allylic oxidation sites excluding steroid dienone is 1. The number of halogens is 2. The van der Waals surface area contributed by atoms with E-state index in [1.54, 1.807) is 19.2 Å². The lowest BCUT2D eigenvalue weighted by Gasteiger charge is -2.41. The molecule has 1 aliphatic heterocycles. The molecule has 1 aromatic rings. The molecule has 5 heteroatoms. The topological polar surface area (TPSA) is 27.3 Å². The summed E-state index contributed by atoms with van der Waals surface area (Å²) >= 11 is 0. The smallest absolute Gasteiger partial charge is 0.161 e. The van der Waals surface area contributed by atoms with Gasteiger partial charge in [0.1, 0.15) is 0 Å². The van der Waals surface area contributed by atoms with Gasteiger partial charge in [-0.3, -0.25) is 4.90 Å². The van der Waals surface area contributed by atoms with Crippen LogP contribution in [0.4, 0.5) is 8.78 Å². The van der Waals surface area contributed by atoms with Crippen molar-refractivity contribution in [1.29, 1.82) is 0 Å². The molecule has 0 spiro atoms. The number of piperidine rings is 1. The van der Waals surface area contributed by atoms with Crippen LogP contribution >= 0.6 is 0 Å². The zero-order valence-corrected chi connectivity index (χ0v) is 19.6. The minimum absolute atomic E-state index is 0.345. The summed E-state index contributed by atoms with van der Waals surface area (Å²) in [4.78, 5) is 2.68. The second-order valence-corrected chi connectivity index (χ2v) is 8.83. The van der Waals surface area contributed by atoms with Crippen LogP contribution in [0.5, 0.6) is 0 Å². The maximum atomic E-state index is 13.7. The van der Waals surface area contributed by atoms with Gasteiger partial charge < -0.3 is 10.6 Å². The van der Waals surface area contributed by atoms with Gasteiger partial charge >= 0.3 is 0 Å². The van der Waals surface area contributed by atoms with Gasteiger partial charge in [-0.05, 0) is 100 Å². The summed E-state index contributed by atoms with van der Waals surface area (Å²) in [6, 6.07) is 3.47. The Morgan fingerprint density at radius 1 is 1.23 bits per heavy atom. The summed E-state index contributed by atoms with van der Waals surface area (Å²) in [5, 5.41) is 6.68. The maximum absolute atomic E-state index is 13.7. The highest BCUT2D eigenvalue weighted by atomic mass is 19.2. The number of aryl methyl sites for hydroxylation is 1. The first-order chi connectivity index (χ1) is 15.0. The van der Waals surface area contributed by atoms with E-state index in [9.17, 15) is 8.78 Å². The molecule has 0 aromatic heterocycles. The highest BCUT2D eigenvalue weighted by molar-refractivity contribution is 5.50. The molecule has 0 radical (unpaired) electrons. The van der Waals surface area contributed by atoms with E-state index < -0.39 is 11.6 Å². The number of likely N-dealkylation sites (N-methyl/N-ethyl adjacent to an activating group) is 1. The molecule has 174 valence electrons. The van der Waals surface area contributed by atoms with Crippen molar-refractivity contribution in [2.75, 3.05) is 33.2 Å². The van der Waals surface area contributed by atoms with Crippen molar-refractivity contribution in [3.8, 4) is 0 Å². The number of nitrogens with zero attached hydrogens (tertiary/aromatic N) is 1. The molecule has 1 aliphatic rings. The number of hydrogen-bond acceptors (Lipinski definition) is 3. The molecule has 0 bridgehead atoms. The Hall–Kier alpha value is -1.72. The second kappa shape index (κ2) is 13.6. The highest BCUT2D eigenvalue weighted by Gasteiger charge is 2.29. The molecule has 2 rings (SSSR count). The average molecular weight is 434 g/mol. The molecule has 1 heterocycles. The van der Waals surface area contributed by atoms with Crippen LogP contribution in [0.1, 0.15) is 56.6 Å². The summed E-state index contributed by atoms with van der Waals surface area (Å²) < 4.78 is 27.2. The van der Waals surface area contributed by atoms with Gasteiger partial charge in [0.2, 0.25) is 0 Å². The molecule has 2 N–H and O–H groups in total. The van der Waals surface area contributed by atoms with Gasteiger partial charge in [0.25, 0.3) is 0 Å². The third-order valence-electron chi connectivity index (χ3n) is 6.70. The Balaban J connectivity index is 2.02. The average Bonchev–Trinajstić information content (AvgIpc) is 2.77. The fourth-order valence-electron chi connectivity index (χ4n) is 4.77. The van der Waals surface area contributed by atoms with Crippen LogP contribution in [0.15, 0.2) is 31.0 Å². The number of benzene rings is 1. The number of hydrogen-bond donors (Lipinski definition) is 2. The molecule has 2 unspecified atom stereocenters. The van der Waals surface area contributed by atoms with E-state index in [0.29, 0.717) is 17.5 Å². The van der Waals surface area contributed by atoms with Crippen LogP contribution < -0.4 is 10.6 Å². The molecule has 1 fully saturated rings. The summed E-state index contributed by atoms with van der Waals surface area (Å²) in [6.45, 7) is 11.9. The van der Waals surface area contributed by atoms with Crippen molar-refractivity contribution in [2.45, 2.75) is 58.4 Å². The molecule has 0 saturated carbocycles. The third-order valence-corrected chi connectivity index (χ3v) is 6.70. The van der Waals surface area contributed by atoms with Gasteiger partial charge in [0.15, 0.2) is 11.6 Å². The Bertz CT molecular complexity index is 673. The molecular formula is C26H41F2N3. The van der Waals surface area contributed by atoms with Gasteiger partial charge in [0, 0.05) is 19.1 Å². The van der Waals surface area contributed by atoms with Crippen molar-refractivity contribution >= 4 is 6.08 Å². The zero-order chi connectivity index (χ0) is 22.6. The van der Waals surface area contributed by atoms with Crippen LogP contribution in [0.3, 0.4) is 0 Å². The summed E-state index contributed by atoms with van der Waals surface area (Å²) in [7, 11) is 2.04. The predicted octanol–water partition coefficient (Wildman–Crippen LogP) is 5.52. The van der Waals surface area contributed by atoms with Gasteiger partial charge in [-0.15, -0.1) is 0 Å². The minimum Gasteiger partial charge on any atom is -0.391 e. The van der Waals surface area contributed by atoms with Gasteiger partial charge in [-0.1, -0.05) is 32.1 Å². The summed E-state index contributed by atoms with van der Waals surface area (Å²) in [5.74, 6) is -0.115. The van der Waals surface area contributed by atoms with E-state index in [4.69, 9.17) is 0 Å². The van der Waals surface area contributed by atoms with Gasteiger partial charge in [0.05, 0.1) is 0 Å². The van der Waals surface area contributed by atoms with Crippen molar-refractivity contribution in [3.05, 3.63) is 53.7 Å². The minimum atomic E-state index is -0.780. The molecule has 1 aromatic carbocycles. The normalized spacial score (nSPS) is 17.7. The molecule has 1 saturated heterocycles. The first-order valence-electron chi connectivity index (χ1n) is 11.8. The maximum Gasteiger partial charge on any atom is 0.161 e. The molecule has 31 heavy (non-hydrogen) atoms. The second-order valence-electron chi connectivity index (χ2n) is 8.83. The Labute approximate surface area is 188 Å². The highest BCUT2D eigenvalue weighted by Crippen LogP contribution is 2.27. The van der Waals surface area contributed by atoms with E-state index in [2.05, 4.69) is 35.1 Å². The summed E-state index contributed by atoms with van der Waals surface area (Å²) in [5.41, 5.74) is 1.06. The SMILES string of the molecule is C=CNCCC(CC/C=C/c1cc(C)c(F)c(F)c1)C(CNC)N1CCC(CC)CC1. The van der Waals surface area contributed by atoms with Crippen LogP contribution in [-0.2, 0) is 0 Å². The first-order valence-corrected chi connectivity index (χ1v) is 11.8. The van der Waals surface area contributed by atoms with Crippen LogP contribution in [0.25, 0.3) is 6.08 Å². The third kappa shape index (κ3) is 8.04. The van der Waals surface area contributed by atoms with Crippen LogP contribution in [-0.4, -0.2) is 44.2 Å². The molecule has 3 nitrogen and oxygen atoms in total. The fraction of sp³-hybridized carbons (Fsp3) is 0.615. The monoisotopic (exact) mass is 433 g/mol. The van der Waals surface area contributed by atoms with Gasteiger partial charge in [-0.2, -0.15) is 0 Å². The number of likely N-dealkylation sites (tertiary alicyclic amines) is 1. The van der Waals surface area contributed by atoms with Crippen molar-refractivity contribution < 1.29 is 8.78 Å². The number of nitrogens with one attached hydrogen (secondary N) is 2. The predicted molar refractivity (Wildman–Crippen MR) is 128 cm³/mol. The van der Waals surface area contributed by atoms with E-state index in [1.165, 1.54) is 38.4 Å². The lowest BCUT2D eigenvalue weighted by Crippen LogP contribution is -2.50. The van der Waals surface area contributed by atoms with Crippen LogP contribution in [0.2, 0.25) is 0 Å². The van der Waals surface area contributed by atoms with Crippen molar-refractivity contribution in [2.24, 2.45) is 11.8 Å². The Morgan fingerprint density at radius 3 is 2.58 bits per heavy atom. The van der Waals surface area contributed by atoms with Crippen LogP contribution in [0, 0.1) is 30.4 Å². The van der Waals surface area contributed by atoms with Gasteiger partial charge in [-0.25, -0.2) is 8.78 Å². The van der Waals surface area contributed by atoms with E-state index in [-0.39, 0.29) is 0 Å². The Kier molecular flexibility index (Phi) is 11.2. The quantitative estimate of drug-likeness (QED) is 0.401. The Morgan fingerprint density at radius 2 is 1.97 bits per heavy atom. The van der Waals surface area contributed by atoms with Crippen molar-refractivity contribution in [3.63, 3.8) is 0 Å². The molecular weight excluding hydrogens is 392 g/mol. The molecule has 0 amide bonds. The first kappa shape index (κ1) is 25.5. The lowest BCUT2D eigenvalue weighted by molar-refractivity contribution is 0.0869. The largest absolute Gasteiger partial charge is 0.391 e. The van der Waals surface area contributed by atoms with E-state index in [0.717, 1.165) is 43.8 Å². The fourth-order valence-corrected chi connectivity index (χ4v) is 4.77. The molecule has 0 aliphatic carbocycles. The molecule has 2 atom stereocenters. The lowest BCUT2D eigenvalue weighted by atomic mass is 9.86. The van der Waals surface area contributed by atoms with Crippen molar-refractivity contribution in [1.82, 2.24) is 15.5 Å². The summed E-state index contributed by atoms with van der Waals surface area (Å²) in [6.07, 6.45) is 12.7. The standard InChI is InChI=1S/C26H41F2N3/c1-5-21-12-15-31(16-13-21)25(19-29-4)23(11-14-30-6-2)10-8-7-9-22-17-20(3)26(28)24(27)18-22/h6-7,9,17-18,21,23,25,29-30H,2,5,8,10-16,19H2,1,3-4H3/b9-7+. The zero-order valence-electron chi connectivity index (χ0n) is 19.6. The number of rotatable bonds is 13.